The van der Waals surface area contributed by atoms with Gasteiger partial charge in [0.25, 0.3) is 5.91 Å². The smallest absolute Gasteiger partial charge is 0.262 e. The first-order chi connectivity index (χ1) is 13.7. The van der Waals surface area contributed by atoms with Crippen LogP contribution in [0, 0.1) is 5.92 Å². The van der Waals surface area contributed by atoms with Gasteiger partial charge < -0.3 is 20.7 Å². The first-order valence-corrected chi connectivity index (χ1v) is 10.4. The molecule has 5 heteroatoms. The molecule has 0 radical (unpaired) electrons. The third-order valence-electron chi connectivity index (χ3n) is 5.51. The Labute approximate surface area is 174 Å². The summed E-state index contributed by atoms with van der Waals surface area (Å²) in [5.41, 5.74) is 9.69. The van der Waals surface area contributed by atoms with Crippen molar-refractivity contribution in [3.8, 4) is 5.75 Å². The molecule has 5 nitrogen and oxygen atoms in total. The van der Waals surface area contributed by atoms with E-state index in [1.54, 1.807) is 0 Å². The van der Waals surface area contributed by atoms with Crippen LogP contribution >= 0.6 is 0 Å². The Kier molecular flexibility index (Phi) is 6.36. The zero-order chi connectivity index (χ0) is 21.0. The predicted molar refractivity (Wildman–Crippen MR) is 121 cm³/mol. The van der Waals surface area contributed by atoms with Crippen molar-refractivity contribution < 1.29 is 9.53 Å². The summed E-state index contributed by atoms with van der Waals surface area (Å²) < 4.78 is 5.68. The number of rotatable bonds is 5. The van der Waals surface area contributed by atoms with Crippen molar-refractivity contribution in [2.45, 2.75) is 46.0 Å². The molecule has 0 aliphatic carbocycles. The molecule has 0 spiro atoms. The number of nitrogens with zero attached hydrogens (tertiary/aromatic N) is 1. The molecule has 0 bridgehead atoms. The monoisotopic (exact) mass is 395 g/mol. The minimum Gasteiger partial charge on any atom is -0.484 e. The van der Waals surface area contributed by atoms with Gasteiger partial charge in [0.1, 0.15) is 5.75 Å². The van der Waals surface area contributed by atoms with E-state index in [0.717, 1.165) is 43.2 Å². The van der Waals surface area contributed by atoms with E-state index in [9.17, 15) is 4.79 Å². The van der Waals surface area contributed by atoms with Crippen LogP contribution in [0.5, 0.6) is 5.75 Å². The summed E-state index contributed by atoms with van der Waals surface area (Å²) in [6, 6.07) is 13.6. The number of hydrogen-bond acceptors (Lipinski definition) is 4. The Hall–Kier alpha value is -2.69. The van der Waals surface area contributed by atoms with Crippen molar-refractivity contribution >= 4 is 23.0 Å². The van der Waals surface area contributed by atoms with Crippen molar-refractivity contribution in [3.63, 3.8) is 0 Å². The molecular weight excluding hydrogens is 362 g/mol. The molecule has 1 saturated heterocycles. The number of nitrogens with one attached hydrogen (secondary N) is 1. The van der Waals surface area contributed by atoms with E-state index in [1.165, 1.54) is 5.56 Å². The van der Waals surface area contributed by atoms with Crippen molar-refractivity contribution in [2.24, 2.45) is 5.92 Å². The van der Waals surface area contributed by atoms with E-state index >= 15 is 0 Å². The highest BCUT2D eigenvalue weighted by molar-refractivity contribution is 5.96. The minimum absolute atomic E-state index is 0.0415. The Balaban J connectivity index is 1.62. The highest BCUT2D eigenvalue weighted by Crippen LogP contribution is 2.31. The lowest BCUT2D eigenvalue weighted by molar-refractivity contribution is -0.118. The van der Waals surface area contributed by atoms with E-state index in [2.05, 4.69) is 37.9 Å². The van der Waals surface area contributed by atoms with Crippen molar-refractivity contribution in [2.75, 3.05) is 35.6 Å². The summed E-state index contributed by atoms with van der Waals surface area (Å²) in [5.74, 6) is 1.24. The Morgan fingerprint density at radius 2 is 1.79 bits per heavy atom. The quantitative estimate of drug-likeness (QED) is 0.712. The zero-order valence-electron chi connectivity index (χ0n) is 18.0. The van der Waals surface area contributed by atoms with Gasteiger partial charge in [-0.3, -0.25) is 4.79 Å². The number of hydrogen-bond donors (Lipinski definition) is 2. The second-order valence-electron chi connectivity index (χ2n) is 9.06. The van der Waals surface area contributed by atoms with Crippen molar-refractivity contribution in [1.82, 2.24) is 0 Å². The van der Waals surface area contributed by atoms with Crippen LogP contribution in [0.15, 0.2) is 42.5 Å². The molecule has 1 fully saturated rings. The SMILES string of the molecule is CC1CCN(c2ccc(N)cc2NC(=O)COc2ccc(C(C)(C)C)cc2)CC1. The van der Waals surface area contributed by atoms with E-state index in [0.29, 0.717) is 11.4 Å². The van der Waals surface area contributed by atoms with Gasteiger partial charge >= 0.3 is 0 Å². The topological polar surface area (TPSA) is 67.6 Å². The number of ether oxygens (including phenoxy) is 1. The summed E-state index contributed by atoms with van der Waals surface area (Å²) >= 11 is 0. The van der Waals surface area contributed by atoms with Gasteiger partial charge in [0.15, 0.2) is 6.61 Å². The van der Waals surface area contributed by atoms with Crippen LogP contribution in [-0.4, -0.2) is 25.6 Å². The maximum absolute atomic E-state index is 12.5. The number of piperidine rings is 1. The van der Waals surface area contributed by atoms with Crippen LogP contribution in [0.2, 0.25) is 0 Å². The molecule has 156 valence electrons. The van der Waals surface area contributed by atoms with Crippen LogP contribution in [-0.2, 0) is 10.2 Å². The third-order valence-corrected chi connectivity index (χ3v) is 5.51. The van der Waals surface area contributed by atoms with Crippen LogP contribution in [0.3, 0.4) is 0 Å². The number of carbonyl (C=O) groups excluding carboxylic acids is 1. The van der Waals surface area contributed by atoms with Gasteiger partial charge in [0.05, 0.1) is 11.4 Å². The number of anilines is 3. The summed E-state index contributed by atoms with van der Waals surface area (Å²) in [6.07, 6.45) is 2.32. The fourth-order valence-corrected chi connectivity index (χ4v) is 3.57. The first kappa shape index (κ1) is 21.0. The van der Waals surface area contributed by atoms with E-state index in [4.69, 9.17) is 10.5 Å². The predicted octanol–water partition coefficient (Wildman–Crippen LogP) is 4.82. The highest BCUT2D eigenvalue weighted by atomic mass is 16.5. The average Bonchev–Trinajstić information content (AvgIpc) is 2.67. The lowest BCUT2D eigenvalue weighted by atomic mass is 9.87. The lowest BCUT2D eigenvalue weighted by Crippen LogP contribution is -2.33. The van der Waals surface area contributed by atoms with Crippen LogP contribution < -0.4 is 20.7 Å². The number of benzene rings is 2. The molecule has 0 saturated carbocycles. The zero-order valence-corrected chi connectivity index (χ0v) is 18.0. The second kappa shape index (κ2) is 8.76. The molecule has 2 aromatic rings. The fourth-order valence-electron chi connectivity index (χ4n) is 3.57. The Bertz CT molecular complexity index is 832. The normalized spacial score (nSPS) is 15.2. The molecular formula is C24H33N3O2. The van der Waals surface area contributed by atoms with Crippen molar-refractivity contribution in [1.29, 1.82) is 0 Å². The molecule has 3 N–H and O–H groups in total. The maximum atomic E-state index is 12.5. The molecule has 1 aliphatic rings. The molecule has 0 unspecified atom stereocenters. The number of carbonyl (C=O) groups is 1. The maximum Gasteiger partial charge on any atom is 0.262 e. The van der Waals surface area contributed by atoms with E-state index in [1.807, 2.05) is 42.5 Å². The van der Waals surface area contributed by atoms with Gasteiger partial charge in [-0.1, -0.05) is 39.8 Å². The first-order valence-electron chi connectivity index (χ1n) is 10.4. The van der Waals surface area contributed by atoms with Gasteiger partial charge in [-0.2, -0.15) is 0 Å². The molecule has 2 aromatic carbocycles. The van der Waals surface area contributed by atoms with Crippen molar-refractivity contribution in [3.05, 3.63) is 48.0 Å². The van der Waals surface area contributed by atoms with Gasteiger partial charge in [-0.05, 0) is 60.1 Å². The standard InChI is InChI=1S/C24H33N3O2/c1-17-11-13-27(14-12-17)22-10-7-19(25)15-21(22)26-23(28)16-29-20-8-5-18(6-9-20)24(2,3)4/h5-10,15,17H,11-14,16,25H2,1-4H3,(H,26,28). The van der Waals surface area contributed by atoms with Gasteiger partial charge in [-0.25, -0.2) is 0 Å². The summed E-state index contributed by atoms with van der Waals surface area (Å²) in [5, 5.41) is 2.98. The summed E-state index contributed by atoms with van der Waals surface area (Å²) in [6.45, 7) is 10.7. The largest absolute Gasteiger partial charge is 0.484 e. The second-order valence-corrected chi connectivity index (χ2v) is 9.06. The van der Waals surface area contributed by atoms with Gasteiger partial charge in [-0.15, -0.1) is 0 Å². The summed E-state index contributed by atoms with van der Waals surface area (Å²) in [4.78, 5) is 14.8. The van der Waals surface area contributed by atoms with Gasteiger partial charge in [0, 0.05) is 18.8 Å². The fraction of sp³-hybridized carbons (Fsp3) is 0.458. The number of amides is 1. The lowest BCUT2D eigenvalue weighted by Gasteiger charge is -2.33. The third kappa shape index (κ3) is 5.66. The Morgan fingerprint density at radius 3 is 2.41 bits per heavy atom. The van der Waals surface area contributed by atoms with Gasteiger partial charge in [0.2, 0.25) is 0 Å². The average molecular weight is 396 g/mol. The molecule has 0 aromatic heterocycles. The molecule has 1 heterocycles. The molecule has 3 rings (SSSR count). The molecule has 0 atom stereocenters. The van der Waals surface area contributed by atoms with Crippen LogP contribution in [0.1, 0.15) is 46.1 Å². The highest BCUT2D eigenvalue weighted by Gasteiger charge is 2.19. The molecule has 1 amide bonds. The number of nitrogen functional groups attached to an aromatic ring is 1. The Morgan fingerprint density at radius 1 is 1.14 bits per heavy atom. The minimum atomic E-state index is -0.192. The summed E-state index contributed by atoms with van der Waals surface area (Å²) in [7, 11) is 0. The van der Waals surface area contributed by atoms with Crippen LogP contribution in [0.25, 0.3) is 0 Å². The van der Waals surface area contributed by atoms with E-state index < -0.39 is 0 Å². The molecule has 29 heavy (non-hydrogen) atoms. The molecule has 1 aliphatic heterocycles. The number of nitrogens with two attached hydrogens (primary N) is 1. The van der Waals surface area contributed by atoms with Crippen LogP contribution in [0.4, 0.5) is 17.1 Å². The van der Waals surface area contributed by atoms with E-state index in [-0.39, 0.29) is 17.9 Å².